The van der Waals surface area contributed by atoms with E-state index in [1.165, 1.54) is 70.6 Å². The van der Waals surface area contributed by atoms with E-state index in [2.05, 4.69) is 61.1 Å². The number of rotatable bonds is 18. The van der Waals surface area contributed by atoms with Crippen molar-refractivity contribution in [2.45, 2.75) is 134 Å². The average molecular weight is 593 g/mol. The van der Waals surface area contributed by atoms with Crippen LogP contribution in [0.5, 0.6) is 0 Å². The number of hydrogen-bond donors (Lipinski definition) is 4. The van der Waals surface area contributed by atoms with Crippen LogP contribution in [0.4, 0.5) is 0 Å². The van der Waals surface area contributed by atoms with Gasteiger partial charge in [0.2, 0.25) is 0 Å². The largest absolute Gasteiger partial charge is 0.277 e. The molecule has 0 aromatic carbocycles. The molecule has 4 nitrogen and oxygen atoms in total. The number of thiol groups is 4. The van der Waals surface area contributed by atoms with Crippen LogP contribution in [0.15, 0.2) is 0 Å². The molecule has 0 radical (unpaired) electrons. The monoisotopic (exact) mass is 592 g/mol. The molecule has 2 heterocycles. The summed E-state index contributed by atoms with van der Waals surface area (Å²) in [5, 5.41) is 0.621. The summed E-state index contributed by atoms with van der Waals surface area (Å²) in [7, 11) is 0. The minimum atomic E-state index is 0.218. The standard InChI is InChI=1S/C29H60N4S4/c1-7-30-20-24(34)32(26(30)36)22-28(3,4)18-16-14-12-10-9-11-13-15-17-19-29(5,6)23-33-25(35)21-31(8-2)27(33)37/h24-27,34-37H,7-23H2,1-6H3. The van der Waals surface area contributed by atoms with Gasteiger partial charge >= 0.3 is 0 Å². The molecule has 0 N–H and O–H groups in total. The zero-order valence-electron chi connectivity index (χ0n) is 24.9. The minimum Gasteiger partial charge on any atom is -0.277 e. The van der Waals surface area contributed by atoms with Crippen molar-refractivity contribution in [3.63, 3.8) is 0 Å². The maximum atomic E-state index is 4.86. The van der Waals surface area contributed by atoms with Crippen LogP contribution in [0.1, 0.15) is 112 Å². The van der Waals surface area contributed by atoms with E-state index in [-0.39, 0.29) is 11.0 Å². The van der Waals surface area contributed by atoms with Gasteiger partial charge in [0.15, 0.2) is 0 Å². The molecule has 0 saturated carbocycles. The fourth-order valence-electron chi connectivity index (χ4n) is 6.10. The third kappa shape index (κ3) is 11.6. The van der Waals surface area contributed by atoms with Crippen LogP contribution in [0.2, 0.25) is 0 Å². The average Bonchev–Trinajstić information content (AvgIpc) is 3.25. The predicted octanol–water partition coefficient (Wildman–Crippen LogP) is 7.54. The maximum absolute atomic E-state index is 4.86. The van der Waals surface area contributed by atoms with Crippen LogP contribution in [0.25, 0.3) is 0 Å². The predicted molar refractivity (Wildman–Crippen MR) is 177 cm³/mol. The van der Waals surface area contributed by atoms with Gasteiger partial charge in [-0.3, -0.25) is 19.6 Å². The van der Waals surface area contributed by atoms with E-state index in [0.29, 0.717) is 21.6 Å². The highest BCUT2D eigenvalue weighted by Crippen LogP contribution is 2.34. The molecule has 4 atom stereocenters. The molecule has 2 fully saturated rings. The SMILES string of the molecule is CCN1CC(S)N(CC(C)(C)CCCCCCCCCCCC(C)(C)CN2C(S)CN(CC)C2S)C1S. The van der Waals surface area contributed by atoms with Crippen molar-refractivity contribution in [2.75, 3.05) is 39.3 Å². The first-order valence-corrected chi connectivity index (χ1v) is 17.2. The third-order valence-electron chi connectivity index (χ3n) is 8.55. The molecule has 2 saturated heterocycles. The second kappa shape index (κ2) is 16.6. The smallest absolute Gasteiger partial charge is 0.109 e. The molecule has 0 bridgehead atoms. The summed E-state index contributed by atoms with van der Waals surface area (Å²) in [6, 6.07) is 0. The molecule has 0 spiro atoms. The Balaban J connectivity index is 1.48. The Morgan fingerprint density at radius 2 is 0.838 bits per heavy atom. The fourth-order valence-corrected chi connectivity index (χ4v) is 8.14. The molecule has 2 aliphatic heterocycles. The zero-order chi connectivity index (χ0) is 27.6. The van der Waals surface area contributed by atoms with Gasteiger partial charge in [0.05, 0.1) is 10.7 Å². The Bertz CT molecular complexity index is 583. The second-order valence-corrected chi connectivity index (χ2v) is 15.3. The summed E-state index contributed by atoms with van der Waals surface area (Å²) in [6.07, 6.45) is 15.0. The summed E-state index contributed by atoms with van der Waals surface area (Å²) in [6.45, 7) is 20.4. The van der Waals surface area contributed by atoms with Crippen LogP contribution < -0.4 is 0 Å². The molecular formula is C29H60N4S4. The highest BCUT2D eigenvalue weighted by atomic mass is 32.1. The van der Waals surface area contributed by atoms with Gasteiger partial charge < -0.3 is 0 Å². The van der Waals surface area contributed by atoms with Crippen LogP contribution in [-0.2, 0) is 0 Å². The van der Waals surface area contributed by atoms with Gasteiger partial charge in [-0.05, 0) is 36.8 Å². The van der Waals surface area contributed by atoms with Crippen LogP contribution in [-0.4, -0.2) is 80.6 Å². The number of hydrogen-bond acceptors (Lipinski definition) is 8. The minimum absolute atomic E-state index is 0.218. The van der Waals surface area contributed by atoms with Gasteiger partial charge in [-0.2, -0.15) is 25.3 Å². The summed E-state index contributed by atoms with van der Waals surface area (Å²) in [5.74, 6) is 0. The van der Waals surface area contributed by atoms with E-state index in [4.69, 9.17) is 50.5 Å². The lowest BCUT2D eigenvalue weighted by Crippen LogP contribution is -2.41. The van der Waals surface area contributed by atoms with E-state index >= 15 is 0 Å². The van der Waals surface area contributed by atoms with Crippen LogP contribution in [0.3, 0.4) is 0 Å². The van der Waals surface area contributed by atoms with Gasteiger partial charge in [0.25, 0.3) is 0 Å². The number of likely N-dealkylation sites (N-methyl/N-ethyl adjacent to an activating group) is 2. The number of unbranched alkanes of at least 4 members (excludes halogenated alkanes) is 8. The summed E-state index contributed by atoms with van der Waals surface area (Å²) < 4.78 is 0. The van der Waals surface area contributed by atoms with Gasteiger partial charge in [-0.15, -0.1) is 25.3 Å². The van der Waals surface area contributed by atoms with Crippen molar-refractivity contribution >= 4 is 50.5 Å². The molecule has 37 heavy (non-hydrogen) atoms. The van der Waals surface area contributed by atoms with Crippen molar-refractivity contribution in [1.82, 2.24) is 19.6 Å². The van der Waals surface area contributed by atoms with Crippen molar-refractivity contribution in [3.8, 4) is 0 Å². The van der Waals surface area contributed by atoms with Crippen molar-refractivity contribution in [3.05, 3.63) is 0 Å². The molecule has 0 amide bonds. The second-order valence-electron chi connectivity index (χ2n) is 13.2. The molecule has 220 valence electrons. The van der Waals surface area contributed by atoms with Crippen LogP contribution in [0, 0.1) is 10.8 Å². The highest BCUT2D eigenvalue weighted by molar-refractivity contribution is 7.82. The van der Waals surface area contributed by atoms with E-state index in [1.54, 1.807) is 0 Å². The molecule has 0 aliphatic carbocycles. The maximum Gasteiger partial charge on any atom is 0.109 e. The molecule has 2 rings (SSSR count). The summed E-state index contributed by atoms with van der Waals surface area (Å²) in [4.78, 5) is 9.75. The van der Waals surface area contributed by atoms with Crippen molar-refractivity contribution in [2.24, 2.45) is 10.8 Å². The lowest BCUT2D eigenvalue weighted by molar-refractivity contribution is 0.144. The van der Waals surface area contributed by atoms with Crippen molar-refractivity contribution < 1.29 is 0 Å². The molecule has 8 heteroatoms. The Kier molecular flexibility index (Phi) is 15.5. The van der Waals surface area contributed by atoms with Gasteiger partial charge in [0.1, 0.15) is 11.0 Å². The van der Waals surface area contributed by atoms with Crippen LogP contribution >= 0.6 is 50.5 Å². The highest BCUT2D eigenvalue weighted by Gasteiger charge is 2.38. The first kappa shape index (κ1) is 34.4. The molecule has 0 aromatic heterocycles. The quantitative estimate of drug-likeness (QED) is 0.0969. The number of nitrogens with zero attached hydrogens (tertiary/aromatic N) is 4. The third-order valence-corrected chi connectivity index (χ3v) is 10.7. The first-order chi connectivity index (χ1) is 17.4. The molecule has 4 unspecified atom stereocenters. The van der Waals surface area contributed by atoms with E-state index in [1.807, 2.05) is 0 Å². The van der Waals surface area contributed by atoms with E-state index in [0.717, 1.165) is 39.3 Å². The normalized spacial score (nSPS) is 27.1. The lowest BCUT2D eigenvalue weighted by atomic mass is 9.86. The van der Waals surface area contributed by atoms with Gasteiger partial charge in [-0.25, -0.2) is 0 Å². The van der Waals surface area contributed by atoms with Crippen molar-refractivity contribution in [1.29, 1.82) is 0 Å². The zero-order valence-corrected chi connectivity index (χ0v) is 28.5. The Labute approximate surface area is 253 Å². The van der Waals surface area contributed by atoms with E-state index < -0.39 is 0 Å². The topological polar surface area (TPSA) is 13.0 Å². The Morgan fingerprint density at radius 3 is 1.11 bits per heavy atom. The summed E-state index contributed by atoms with van der Waals surface area (Å²) in [5.41, 5.74) is 1.09. The van der Waals surface area contributed by atoms with Gasteiger partial charge in [0, 0.05) is 26.2 Å². The fraction of sp³-hybridized carbons (Fsp3) is 1.00. The molecular weight excluding hydrogens is 533 g/mol. The van der Waals surface area contributed by atoms with E-state index in [9.17, 15) is 0 Å². The van der Waals surface area contributed by atoms with Gasteiger partial charge in [-0.1, -0.05) is 99.3 Å². The molecule has 2 aliphatic rings. The summed E-state index contributed by atoms with van der Waals surface area (Å²) >= 11 is 19.4. The lowest BCUT2D eigenvalue weighted by Gasteiger charge is -2.35. The first-order valence-electron chi connectivity index (χ1n) is 15.1. The Hall–Kier alpha value is 1.24. The molecule has 0 aromatic rings. The Morgan fingerprint density at radius 1 is 0.541 bits per heavy atom.